The first kappa shape index (κ1) is 15.3. The maximum atomic E-state index is 12.5. The Balaban J connectivity index is 1.99. The molecule has 2 rings (SSSR count). The molecular formula is C16H27NO3. The van der Waals surface area contributed by atoms with Crippen LogP contribution >= 0.6 is 0 Å². The number of piperidine rings is 1. The van der Waals surface area contributed by atoms with Crippen molar-refractivity contribution in [2.45, 2.75) is 64.7 Å². The molecular weight excluding hydrogens is 254 g/mol. The van der Waals surface area contributed by atoms with Gasteiger partial charge in [0.05, 0.1) is 5.41 Å². The second kappa shape index (κ2) is 6.59. The Labute approximate surface area is 121 Å². The topological polar surface area (TPSA) is 57.6 Å². The van der Waals surface area contributed by atoms with Crippen LogP contribution in [0.2, 0.25) is 0 Å². The first-order valence-electron chi connectivity index (χ1n) is 8.08. The molecule has 114 valence electrons. The van der Waals surface area contributed by atoms with E-state index in [9.17, 15) is 14.7 Å². The summed E-state index contributed by atoms with van der Waals surface area (Å²) in [6, 6.07) is 0. The lowest BCUT2D eigenvalue weighted by Gasteiger charge is -2.37. The van der Waals surface area contributed by atoms with Gasteiger partial charge in [-0.3, -0.25) is 9.59 Å². The number of carbonyl (C=O) groups excluding carboxylic acids is 1. The van der Waals surface area contributed by atoms with E-state index < -0.39 is 11.4 Å². The number of carbonyl (C=O) groups is 2. The molecule has 4 heteroatoms. The molecule has 1 saturated heterocycles. The van der Waals surface area contributed by atoms with Crippen LogP contribution in [-0.2, 0) is 9.59 Å². The van der Waals surface area contributed by atoms with E-state index >= 15 is 0 Å². The lowest BCUT2D eigenvalue weighted by Crippen LogP contribution is -2.44. The Hall–Kier alpha value is -1.06. The van der Waals surface area contributed by atoms with Crippen LogP contribution in [0.25, 0.3) is 0 Å². The zero-order chi connectivity index (χ0) is 14.6. The number of hydrogen-bond acceptors (Lipinski definition) is 2. The van der Waals surface area contributed by atoms with Crippen molar-refractivity contribution in [3.05, 3.63) is 0 Å². The molecule has 0 aromatic carbocycles. The summed E-state index contributed by atoms with van der Waals surface area (Å²) < 4.78 is 0. The molecule has 1 saturated carbocycles. The lowest BCUT2D eigenvalue weighted by molar-refractivity contribution is -0.156. The summed E-state index contributed by atoms with van der Waals surface area (Å²) in [4.78, 5) is 26.1. The molecule has 0 radical (unpaired) electrons. The number of rotatable bonds is 4. The summed E-state index contributed by atoms with van der Waals surface area (Å²) in [6.07, 6.45) is 7.89. The molecule has 1 unspecified atom stereocenters. The largest absolute Gasteiger partial charge is 0.481 e. The fourth-order valence-corrected chi connectivity index (χ4v) is 3.72. The van der Waals surface area contributed by atoms with Crippen LogP contribution in [0.4, 0.5) is 0 Å². The highest BCUT2D eigenvalue weighted by atomic mass is 16.4. The number of aliphatic carboxylic acids is 1. The molecule has 1 aliphatic carbocycles. The monoisotopic (exact) mass is 281 g/mol. The molecule has 0 spiro atoms. The van der Waals surface area contributed by atoms with Crippen molar-refractivity contribution in [3.63, 3.8) is 0 Å². The minimum Gasteiger partial charge on any atom is -0.481 e. The molecule has 0 aromatic rings. The Morgan fingerprint density at radius 1 is 1.20 bits per heavy atom. The van der Waals surface area contributed by atoms with Crippen LogP contribution in [0.5, 0.6) is 0 Å². The number of carboxylic acids is 1. The van der Waals surface area contributed by atoms with Gasteiger partial charge in [0.1, 0.15) is 0 Å². The highest BCUT2D eigenvalue weighted by Crippen LogP contribution is 2.40. The molecule has 0 aromatic heterocycles. The second-order valence-corrected chi connectivity index (χ2v) is 6.58. The normalized spacial score (nSPS) is 26.2. The molecule has 20 heavy (non-hydrogen) atoms. The number of hydrogen-bond donors (Lipinski definition) is 1. The maximum absolute atomic E-state index is 12.5. The van der Waals surface area contributed by atoms with E-state index in [1.165, 1.54) is 6.42 Å². The van der Waals surface area contributed by atoms with E-state index in [0.717, 1.165) is 45.2 Å². The van der Waals surface area contributed by atoms with Crippen LogP contribution in [-0.4, -0.2) is 35.0 Å². The van der Waals surface area contributed by atoms with Crippen molar-refractivity contribution < 1.29 is 14.7 Å². The smallest absolute Gasteiger partial charge is 0.310 e. The van der Waals surface area contributed by atoms with E-state index in [-0.39, 0.29) is 12.3 Å². The first-order valence-corrected chi connectivity index (χ1v) is 8.08. The third-order valence-electron chi connectivity index (χ3n) is 5.20. The predicted molar refractivity (Wildman–Crippen MR) is 77.4 cm³/mol. The molecule has 1 amide bonds. The van der Waals surface area contributed by atoms with Crippen LogP contribution < -0.4 is 0 Å². The quantitative estimate of drug-likeness (QED) is 0.861. The minimum atomic E-state index is -0.783. The molecule has 0 bridgehead atoms. The summed E-state index contributed by atoms with van der Waals surface area (Å²) in [7, 11) is 0. The van der Waals surface area contributed by atoms with Crippen molar-refractivity contribution in [2.24, 2.45) is 11.3 Å². The summed E-state index contributed by atoms with van der Waals surface area (Å²) in [5.41, 5.74) is -0.783. The number of amides is 1. The van der Waals surface area contributed by atoms with Gasteiger partial charge < -0.3 is 10.0 Å². The molecule has 1 heterocycles. The van der Waals surface area contributed by atoms with E-state index in [4.69, 9.17) is 0 Å². The molecule has 2 fully saturated rings. The number of nitrogens with zero attached hydrogens (tertiary/aromatic N) is 1. The van der Waals surface area contributed by atoms with Crippen LogP contribution in [0.1, 0.15) is 64.7 Å². The van der Waals surface area contributed by atoms with Gasteiger partial charge in [0.2, 0.25) is 5.91 Å². The fourth-order valence-electron chi connectivity index (χ4n) is 3.72. The van der Waals surface area contributed by atoms with Gasteiger partial charge in [-0.25, -0.2) is 0 Å². The Bertz CT molecular complexity index is 361. The Morgan fingerprint density at radius 3 is 2.50 bits per heavy atom. The van der Waals surface area contributed by atoms with Gasteiger partial charge in [0, 0.05) is 19.5 Å². The van der Waals surface area contributed by atoms with Crippen LogP contribution in [0.15, 0.2) is 0 Å². The highest BCUT2D eigenvalue weighted by molar-refractivity contribution is 5.85. The fraction of sp³-hybridized carbons (Fsp3) is 0.875. The number of likely N-dealkylation sites (tertiary alicyclic amines) is 1. The predicted octanol–water partition coefficient (Wildman–Crippen LogP) is 3.06. The summed E-state index contributed by atoms with van der Waals surface area (Å²) in [5.74, 6) is -0.109. The SMILES string of the molecule is CCC1CCCN(C(=O)CC2(C(=O)O)CCCCC2)C1. The molecule has 1 N–H and O–H groups in total. The standard InChI is InChI=1S/C16H27NO3/c1-2-13-7-6-10-17(12-13)14(18)11-16(15(19)20)8-4-3-5-9-16/h13H,2-12H2,1H3,(H,19,20). The van der Waals surface area contributed by atoms with Crippen molar-refractivity contribution in [3.8, 4) is 0 Å². The van der Waals surface area contributed by atoms with Crippen molar-refractivity contribution in [1.29, 1.82) is 0 Å². The van der Waals surface area contributed by atoms with Gasteiger partial charge in [0.25, 0.3) is 0 Å². The van der Waals surface area contributed by atoms with Gasteiger partial charge in [-0.05, 0) is 31.6 Å². The van der Waals surface area contributed by atoms with E-state index in [0.29, 0.717) is 18.8 Å². The zero-order valence-electron chi connectivity index (χ0n) is 12.6. The minimum absolute atomic E-state index is 0.0625. The lowest BCUT2D eigenvalue weighted by atomic mass is 9.71. The Morgan fingerprint density at radius 2 is 1.90 bits per heavy atom. The van der Waals surface area contributed by atoms with Gasteiger partial charge in [-0.1, -0.05) is 32.6 Å². The molecule has 2 aliphatic rings. The van der Waals surface area contributed by atoms with Crippen molar-refractivity contribution >= 4 is 11.9 Å². The van der Waals surface area contributed by atoms with Crippen LogP contribution in [0.3, 0.4) is 0 Å². The van der Waals surface area contributed by atoms with E-state index in [2.05, 4.69) is 6.92 Å². The van der Waals surface area contributed by atoms with Crippen molar-refractivity contribution in [2.75, 3.05) is 13.1 Å². The van der Waals surface area contributed by atoms with Gasteiger partial charge in [0.15, 0.2) is 0 Å². The first-order chi connectivity index (χ1) is 9.57. The summed E-state index contributed by atoms with van der Waals surface area (Å²) >= 11 is 0. The third-order valence-corrected chi connectivity index (χ3v) is 5.20. The van der Waals surface area contributed by atoms with E-state index in [1.807, 2.05) is 4.90 Å². The maximum Gasteiger partial charge on any atom is 0.310 e. The zero-order valence-corrected chi connectivity index (χ0v) is 12.6. The van der Waals surface area contributed by atoms with Crippen molar-refractivity contribution in [1.82, 2.24) is 4.90 Å². The summed E-state index contributed by atoms with van der Waals surface area (Å²) in [6.45, 7) is 3.80. The number of carboxylic acid groups (broad SMARTS) is 1. The van der Waals surface area contributed by atoms with Crippen LogP contribution in [0, 0.1) is 11.3 Å². The van der Waals surface area contributed by atoms with E-state index in [1.54, 1.807) is 0 Å². The average molecular weight is 281 g/mol. The van der Waals surface area contributed by atoms with Gasteiger partial charge >= 0.3 is 5.97 Å². The third kappa shape index (κ3) is 3.33. The average Bonchev–Trinajstić information content (AvgIpc) is 2.48. The Kier molecular flexibility index (Phi) is 5.06. The summed E-state index contributed by atoms with van der Waals surface area (Å²) in [5, 5.41) is 9.56. The van der Waals surface area contributed by atoms with Gasteiger partial charge in [-0.2, -0.15) is 0 Å². The highest BCUT2D eigenvalue weighted by Gasteiger charge is 2.42. The second-order valence-electron chi connectivity index (χ2n) is 6.58. The molecule has 1 atom stereocenters. The van der Waals surface area contributed by atoms with Gasteiger partial charge in [-0.15, -0.1) is 0 Å². The molecule has 4 nitrogen and oxygen atoms in total. The molecule has 1 aliphatic heterocycles.